The molecule has 132 valence electrons. The molecule has 2 nitrogen and oxygen atoms in total. The molecule has 2 heteroatoms. The normalized spacial score (nSPS) is 10.4. The summed E-state index contributed by atoms with van der Waals surface area (Å²) in [6.07, 6.45) is 0. The molecular formula is C25H21NO. The standard InChI is InChI=1S/C25H21NO/c1-3-10-21(11-4-1)22-12-7-9-20(17-22)19-26-23-13-8-16-25(18-23)27-24-14-5-2-6-15-24/h1-18,26H,19H2. The molecule has 0 amide bonds. The first kappa shape index (κ1) is 16.9. The minimum absolute atomic E-state index is 0.759. The number of nitrogens with one attached hydrogen (secondary N) is 1. The minimum Gasteiger partial charge on any atom is -0.457 e. The van der Waals surface area contributed by atoms with Crippen LogP contribution in [0.2, 0.25) is 0 Å². The summed E-state index contributed by atoms with van der Waals surface area (Å²) in [6, 6.07) is 36.9. The van der Waals surface area contributed by atoms with Crippen LogP contribution in [-0.4, -0.2) is 0 Å². The van der Waals surface area contributed by atoms with Gasteiger partial charge >= 0.3 is 0 Å². The Morgan fingerprint density at radius 2 is 1.22 bits per heavy atom. The molecule has 0 radical (unpaired) electrons. The fourth-order valence-electron chi connectivity index (χ4n) is 2.99. The fraction of sp³-hybridized carbons (Fsp3) is 0.0400. The molecule has 0 aliphatic heterocycles. The number of rotatable bonds is 6. The van der Waals surface area contributed by atoms with Crippen LogP contribution < -0.4 is 10.1 Å². The Labute approximate surface area is 160 Å². The van der Waals surface area contributed by atoms with Gasteiger partial charge in [-0.1, -0.05) is 72.8 Å². The summed E-state index contributed by atoms with van der Waals surface area (Å²) in [5, 5.41) is 3.49. The quantitative estimate of drug-likeness (QED) is 0.414. The number of hydrogen-bond acceptors (Lipinski definition) is 2. The van der Waals surface area contributed by atoms with Gasteiger partial charge in [0.15, 0.2) is 0 Å². The molecule has 0 saturated heterocycles. The number of ether oxygens (including phenoxy) is 1. The minimum atomic E-state index is 0.759. The van der Waals surface area contributed by atoms with Crippen molar-refractivity contribution in [1.82, 2.24) is 0 Å². The molecule has 0 bridgehead atoms. The van der Waals surface area contributed by atoms with Gasteiger partial charge in [0.05, 0.1) is 0 Å². The van der Waals surface area contributed by atoms with E-state index in [0.29, 0.717) is 0 Å². The Morgan fingerprint density at radius 3 is 2.04 bits per heavy atom. The summed E-state index contributed by atoms with van der Waals surface area (Å²) in [4.78, 5) is 0. The van der Waals surface area contributed by atoms with Crippen molar-refractivity contribution in [2.24, 2.45) is 0 Å². The van der Waals surface area contributed by atoms with E-state index in [0.717, 1.165) is 23.7 Å². The van der Waals surface area contributed by atoms with E-state index in [1.165, 1.54) is 16.7 Å². The highest BCUT2D eigenvalue weighted by Crippen LogP contribution is 2.25. The first-order chi connectivity index (χ1) is 13.4. The monoisotopic (exact) mass is 351 g/mol. The highest BCUT2D eigenvalue weighted by molar-refractivity contribution is 5.64. The Kier molecular flexibility index (Phi) is 5.16. The topological polar surface area (TPSA) is 21.3 Å². The van der Waals surface area contributed by atoms with Crippen molar-refractivity contribution < 1.29 is 4.74 Å². The average Bonchev–Trinajstić information content (AvgIpc) is 2.74. The van der Waals surface area contributed by atoms with Crippen LogP contribution >= 0.6 is 0 Å². The molecular weight excluding hydrogens is 330 g/mol. The Morgan fingerprint density at radius 1 is 0.556 bits per heavy atom. The molecule has 0 atom stereocenters. The summed E-state index contributed by atoms with van der Waals surface area (Å²) in [5.41, 5.74) is 4.74. The van der Waals surface area contributed by atoms with Crippen molar-refractivity contribution in [3.05, 3.63) is 115 Å². The molecule has 0 heterocycles. The van der Waals surface area contributed by atoms with E-state index in [4.69, 9.17) is 4.74 Å². The zero-order chi connectivity index (χ0) is 18.3. The molecule has 0 unspecified atom stereocenters. The molecule has 4 aromatic rings. The van der Waals surface area contributed by atoms with Crippen molar-refractivity contribution in [3.63, 3.8) is 0 Å². The molecule has 0 aliphatic rings. The van der Waals surface area contributed by atoms with Crippen LogP contribution in [-0.2, 0) is 6.54 Å². The first-order valence-corrected chi connectivity index (χ1v) is 9.08. The molecule has 4 aromatic carbocycles. The summed E-state index contributed by atoms with van der Waals surface area (Å²) in [6.45, 7) is 0.759. The van der Waals surface area contributed by atoms with Gasteiger partial charge in [-0.15, -0.1) is 0 Å². The van der Waals surface area contributed by atoms with E-state index in [2.05, 4.69) is 59.9 Å². The van der Waals surface area contributed by atoms with Gasteiger partial charge in [-0.05, 0) is 47.0 Å². The second-order valence-corrected chi connectivity index (χ2v) is 6.36. The number of anilines is 1. The molecule has 0 aliphatic carbocycles. The lowest BCUT2D eigenvalue weighted by Crippen LogP contribution is -1.99. The van der Waals surface area contributed by atoms with Crippen LogP contribution in [0.25, 0.3) is 11.1 Å². The van der Waals surface area contributed by atoms with Gasteiger partial charge in [0.1, 0.15) is 11.5 Å². The van der Waals surface area contributed by atoms with E-state index in [1.54, 1.807) is 0 Å². The van der Waals surface area contributed by atoms with Gasteiger partial charge < -0.3 is 10.1 Å². The SMILES string of the molecule is c1ccc(Oc2cccc(NCc3cccc(-c4ccccc4)c3)c2)cc1. The van der Waals surface area contributed by atoms with E-state index in [-0.39, 0.29) is 0 Å². The van der Waals surface area contributed by atoms with E-state index in [9.17, 15) is 0 Å². The number of hydrogen-bond donors (Lipinski definition) is 1. The fourth-order valence-corrected chi connectivity index (χ4v) is 2.99. The van der Waals surface area contributed by atoms with Crippen LogP contribution in [0.15, 0.2) is 109 Å². The van der Waals surface area contributed by atoms with Crippen LogP contribution in [0.3, 0.4) is 0 Å². The highest BCUT2D eigenvalue weighted by Gasteiger charge is 2.01. The van der Waals surface area contributed by atoms with Crippen molar-refractivity contribution in [2.45, 2.75) is 6.54 Å². The van der Waals surface area contributed by atoms with Crippen LogP contribution in [0.1, 0.15) is 5.56 Å². The summed E-state index contributed by atoms with van der Waals surface area (Å²) >= 11 is 0. The molecule has 0 spiro atoms. The van der Waals surface area contributed by atoms with Crippen LogP contribution in [0.5, 0.6) is 11.5 Å². The third kappa shape index (κ3) is 4.56. The number of para-hydroxylation sites is 1. The maximum Gasteiger partial charge on any atom is 0.129 e. The van der Waals surface area contributed by atoms with Crippen molar-refractivity contribution in [1.29, 1.82) is 0 Å². The lowest BCUT2D eigenvalue weighted by atomic mass is 10.0. The average molecular weight is 351 g/mol. The smallest absolute Gasteiger partial charge is 0.129 e. The van der Waals surface area contributed by atoms with Gasteiger partial charge in [0.2, 0.25) is 0 Å². The maximum atomic E-state index is 5.91. The van der Waals surface area contributed by atoms with Crippen molar-refractivity contribution in [3.8, 4) is 22.6 Å². The predicted molar refractivity (Wildman–Crippen MR) is 112 cm³/mol. The van der Waals surface area contributed by atoms with E-state index in [1.807, 2.05) is 54.6 Å². The molecule has 27 heavy (non-hydrogen) atoms. The first-order valence-electron chi connectivity index (χ1n) is 9.08. The molecule has 1 N–H and O–H groups in total. The molecule has 0 aromatic heterocycles. The summed E-state index contributed by atoms with van der Waals surface area (Å²) in [7, 11) is 0. The Hall–Kier alpha value is -3.52. The predicted octanol–water partition coefficient (Wildman–Crippen LogP) is 6.76. The lowest BCUT2D eigenvalue weighted by Gasteiger charge is -2.11. The third-order valence-corrected chi connectivity index (χ3v) is 4.34. The summed E-state index contributed by atoms with van der Waals surface area (Å²) in [5.74, 6) is 1.66. The largest absolute Gasteiger partial charge is 0.457 e. The van der Waals surface area contributed by atoms with Gasteiger partial charge in [-0.25, -0.2) is 0 Å². The van der Waals surface area contributed by atoms with Gasteiger partial charge in [-0.2, -0.15) is 0 Å². The van der Waals surface area contributed by atoms with Crippen LogP contribution in [0.4, 0.5) is 5.69 Å². The van der Waals surface area contributed by atoms with Crippen LogP contribution in [0, 0.1) is 0 Å². The van der Waals surface area contributed by atoms with E-state index >= 15 is 0 Å². The van der Waals surface area contributed by atoms with E-state index < -0.39 is 0 Å². The zero-order valence-corrected chi connectivity index (χ0v) is 15.0. The molecule has 0 fully saturated rings. The molecule has 0 saturated carbocycles. The van der Waals surface area contributed by atoms with Gasteiger partial charge in [0, 0.05) is 18.3 Å². The second kappa shape index (κ2) is 8.24. The number of benzene rings is 4. The second-order valence-electron chi connectivity index (χ2n) is 6.36. The third-order valence-electron chi connectivity index (χ3n) is 4.34. The highest BCUT2D eigenvalue weighted by atomic mass is 16.5. The van der Waals surface area contributed by atoms with Gasteiger partial charge in [0.25, 0.3) is 0 Å². The van der Waals surface area contributed by atoms with Gasteiger partial charge in [-0.3, -0.25) is 0 Å². The summed E-state index contributed by atoms with van der Waals surface area (Å²) < 4.78 is 5.91. The molecule has 4 rings (SSSR count). The lowest BCUT2D eigenvalue weighted by molar-refractivity contribution is 0.483. The Bertz CT molecular complexity index is 997. The Balaban J connectivity index is 1.44. The zero-order valence-electron chi connectivity index (χ0n) is 15.0. The van der Waals surface area contributed by atoms with Crippen molar-refractivity contribution in [2.75, 3.05) is 5.32 Å². The maximum absolute atomic E-state index is 5.91. The van der Waals surface area contributed by atoms with Crippen molar-refractivity contribution >= 4 is 5.69 Å².